The number of hydrogen-bond donors (Lipinski definition) is 2. The summed E-state index contributed by atoms with van der Waals surface area (Å²) in [7, 11) is 0. The number of rotatable bonds is 7. The first-order valence-corrected chi connectivity index (χ1v) is 9.46. The molecule has 0 radical (unpaired) electrons. The lowest BCUT2D eigenvalue weighted by atomic mass is 10.3. The van der Waals surface area contributed by atoms with Crippen LogP contribution in [0.3, 0.4) is 0 Å². The summed E-state index contributed by atoms with van der Waals surface area (Å²) >= 11 is 4.09. The number of nitrogens with one attached hydrogen (secondary N) is 1. The molecule has 3 heterocycles. The second-order valence-corrected chi connectivity index (χ2v) is 7.45. The summed E-state index contributed by atoms with van der Waals surface area (Å²) in [5.74, 6) is -0.698. The molecule has 8 nitrogen and oxygen atoms in total. The molecule has 0 atom stereocenters. The van der Waals surface area contributed by atoms with E-state index in [1.165, 1.54) is 23.1 Å². The van der Waals surface area contributed by atoms with Crippen LogP contribution in [0.2, 0.25) is 0 Å². The Labute approximate surface area is 149 Å². The maximum Gasteiger partial charge on any atom is 0.251 e. The van der Waals surface area contributed by atoms with Gasteiger partial charge in [0.15, 0.2) is 0 Å². The van der Waals surface area contributed by atoms with Gasteiger partial charge in [0.2, 0.25) is 11.1 Å². The first-order valence-electron chi connectivity index (χ1n) is 6.72. The van der Waals surface area contributed by atoms with Gasteiger partial charge < -0.3 is 11.1 Å². The molecule has 0 spiro atoms. The number of tetrazole rings is 1. The van der Waals surface area contributed by atoms with Crippen LogP contribution in [0.1, 0.15) is 15.2 Å². The summed E-state index contributed by atoms with van der Waals surface area (Å²) in [6, 6.07) is 5.54. The minimum absolute atomic E-state index is 0.126. The zero-order valence-corrected chi connectivity index (χ0v) is 14.7. The van der Waals surface area contributed by atoms with E-state index < -0.39 is 5.91 Å². The third-order valence-corrected chi connectivity index (χ3v) is 5.55. The van der Waals surface area contributed by atoms with E-state index >= 15 is 0 Å². The molecule has 0 aliphatic rings. The van der Waals surface area contributed by atoms with E-state index in [9.17, 15) is 9.59 Å². The summed E-state index contributed by atoms with van der Waals surface area (Å²) in [4.78, 5) is 24.4. The molecule has 11 heteroatoms. The lowest BCUT2D eigenvalue weighted by molar-refractivity contribution is -0.113. The normalized spacial score (nSPS) is 10.7. The van der Waals surface area contributed by atoms with Gasteiger partial charge in [-0.05, 0) is 33.3 Å². The Bertz CT molecular complexity index is 842. The smallest absolute Gasteiger partial charge is 0.251 e. The molecule has 3 aromatic heterocycles. The van der Waals surface area contributed by atoms with Gasteiger partial charge in [-0.15, -0.1) is 27.8 Å². The first kappa shape index (κ1) is 16.6. The highest BCUT2D eigenvalue weighted by atomic mass is 32.2. The number of anilines is 1. The number of thioether (sulfide) groups is 1. The van der Waals surface area contributed by atoms with E-state index in [0.29, 0.717) is 22.3 Å². The van der Waals surface area contributed by atoms with Gasteiger partial charge in [0.25, 0.3) is 5.91 Å². The third kappa shape index (κ3) is 3.99. The Morgan fingerprint density at radius 1 is 1.29 bits per heavy atom. The molecule has 124 valence electrons. The predicted molar refractivity (Wildman–Crippen MR) is 93.4 cm³/mol. The van der Waals surface area contributed by atoms with Crippen LogP contribution in [0, 0.1) is 0 Å². The Kier molecular flexibility index (Phi) is 5.23. The molecule has 2 amide bonds. The topological polar surface area (TPSA) is 116 Å². The molecule has 0 fully saturated rings. The van der Waals surface area contributed by atoms with Crippen molar-refractivity contribution in [1.82, 2.24) is 20.2 Å². The van der Waals surface area contributed by atoms with Crippen molar-refractivity contribution in [3.63, 3.8) is 0 Å². The Hall–Kier alpha value is -2.24. The average molecular weight is 380 g/mol. The van der Waals surface area contributed by atoms with Crippen LogP contribution in [-0.2, 0) is 11.3 Å². The van der Waals surface area contributed by atoms with Crippen molar-refractivity contribution in [1.29, 1.82) is 0 Å². The fraction of sp³-hybridized carbons (Fsp3) is 0.154. The van der Waals surface area contributed by atoms with Crippen LogP contribution in [0.5, 0.6) is 0 Å². The van der Waals surface area contributed by atoms with E-state index in [1.807, 2.05) is 17.5 Å². The van der Waals surface area contributed by atoms with Gasteiger partial charge in [-0.2, -0.15) is 0 Å². The van der Waals surface area contributed by atoms with E-state index in [0.717, 1.165) is 4.88 Å². The monoisotopic (exact) mass is 380 g/mol. The van der Waals surface area contributed by atoms with Crippen molar-refractivity contribution in [2.24, 2.45) is 5.73 Å². The third-order valence-electron chi connectivity index (χ3n) is 2.90. The van der Waals surface area contributed by atoms with E-state index in [-0.39, 0.29) is 11.7 Å². The number of amides is 2. The Morgan fingerprint density at radius 2 is 2.17 bits per heavy atom. The molecule has 0 saturated carbocycles. The predicted octanol–water partition coefficient (Wildman–Crippen LogP) is 1.67. The maximum absolute atomic E-state index is 12.1. The second-order valence-electron chi connectivity index (χ2n) is 4.56. The quantitative estimate of drug-likeness (QED) is 0.603. The lowest BCUT2D eigenvalue weighted by Crippen LogP contribution is -2.18. The van der Waals surface area contributed by atoms with Gasteiger partial charge in [-0.25, -0.2) is 4.68 Å². The molecular weight excluding hydrogens is 368 g/mol. The van der Waals surface area contributed by atoms with Crippen LogP contribution < -0.4 is 11.1 Å². The van der Waals surface area contributed by atoms with Crippen LogP contribution in [0.4, 0.5) is 5.00 Å². The van der Waals surface area contributed by atoms with Crippen molar-refractivity contribution in [3.8, 4) is 0 Å². The van der Waals surface area contributed by atoms with Gasteiger partial charge >= 0.3 is 0 Å². The average Bonchev–Trinajstić information content (AvgIpc) is 3.27. The van der Waals surface area contributed by atoms with Crippen molar-refractivity contribution < 1.29 is 9.59 Å². The van der Waals surface area contributed by atoms with E-state index in [1.54, 1.807) is 27.5 Å². The van der Waals surface area contributed by atoms with E-state index in [4.69, 9.17) is 5.73 Å². The van der Waals surface area contributed by atoms with Crippen LogP contribution in [0.25, 0.3) is 0 Å². The number of nitrogens with two attached hydrogens (primary N) is 1. The van der Waals surface area contributed by atoms with E-state index in [2.05, 4.69) is 20.8 Å². The molecular formula is C13H12N6O2S3. The van der Waals surface area contributed by atoms with Crippen LogP contribution >= 0.6 is 34.4 Å². The number of primary amides is 1. The molecule has 0 unspecified atom stereocenters. The highest BCUT2D eigenvalue weighted by molar-refractivity contribution is 7.99. The first-order chi connectivity index (χ1) is 11.6. The van der Waals surface area contributed by atoms with Gasteiger partial charge in [-0.1, -0.05) is 17.8 Å². The fourth-order valence-electron chi connectivity index (χ4n) is 1.84. The van der Waals surface area contributed by atoms with Gasteiger partial charge in [0.1, 0.15) is 5.00 Å². The van der Waals surface area contributed by atoms with Crippen LogP contribution in [0.15, 0.2) is 34.1 Å². The number of aromatic nitrogens is 4. The number of carbonyl (C=O) groups is 2. The molecule has 3 N–H and O–H groups in total. The minimum atomic E-state index is -0.570. The summed E-state index contributed by atoms with van der Waals surface area (Å²) in [6.07, 6.45) is 0. The molecule has 3 rings (SSSR count). The summed E-state index contributed by atoms with van der Waals surface area (Å²) in [6.45, 7) is 0.561. The highest BCUT2D eigenvalue weighted by Crippen LogP contribution is 2.23. The molecule has 3 aromatic rings. The molecule has 0 aliphatic carbocycles. The largest absolute Gasteiger partial charge is 0.366 e. The van der Waals surface area contributed by atoms with Crippen molar-refractivity contribution in [3.05, 3.63) is 39.4 Å². The van der Waals surface area contributed by atoms with Crippen molar-refractivity contribution >= 4 is 51.3 Å². The lowest BCUT2D eigenvalue weighted by Gasteiger charge is -2.05. The number of thiophene rings is 2. The zero-order valence-electron chi connectivity index (χ0n) is 12.2. The van der Waals surface area contributed by atoms with Crippen molar-refractivity contribution in [2.75, 3.05) is 11.1 Å². The number of nitrogens with zero attached hydrogens (tertiary/aromatic N) is 4. The van der Waals surface area contributed by atoms with Gasteiger partial charge in [0, 0.05) is 4.88 Å². The number of hydrogen-bond acceptors (Lipinski definition) is 8. The SMILES string of the molecule is NC(=O)c1ccsc1NC(=O)CSc1nnnn1Cc1cccs1. The van der Waals surface area contributed by atoms with Crippen molar-refractivity contribution in [2.45, 2.75) is 11.7 Å². The molecule has 24 heavy (non-hydrogen) atoms. The molecule has 0 bridgehead atoms. The zero-order chi connectivity index (χ0) is 16.9. The Morgan fingerprint density at radius 3 is 2.92 bits per heavy atom. The number of carbonyl (C=O) groups excluding carboxylic acids is 2. The highest BCUT2D eigenvalue weighted by Gasteiger charge is 2.14. The van der Waals surface area contributed by atoms with Gasteiger partial charge in [0.05, 0.1) is 17.9 Å². The minimum Gasteiger partial charge on any atom is -0.366 e. The van der Waals surface area contributed by atoms with Crippen LogP contribution in [-0.4, -0.2) is 37.8 Å². The molecule has 0 aromatic carbocycles. The Balaban J connectivity index is 1.58. The second kappa shape index (κ2) is 7.55. The summed E-state index contributed by atoms with van der Waals surface area (Å²) < 4.78 is 1.64. The van der Waals surface area contributed by atoms with Gasteiger partial charge in [-0.3, -0.25) is 9.59 Å². The fourth-order valence-corrected chi connectivity index (χ4v) is 4.01. The maximum atomic E-state index is 12.1. The molecule has 0 aliphatic heterocycles. The summed E-state index contributed by atoms with van der Waals surface area (Å²) in [5, 5.41) is 18.9. The molecule has 0 saturated heterocycles. The standard InChI is InChI=1S/C13H12N6O2S3/c14-11(21)9-3-5-23-12(9)15-10(20)7-24-13-16-17-18-19(13)6-8-2-1-4-22-8/h1-5H,6-7H2,(H2,14,21)(H,15,20). The summed E-state index contributed by atoms with van der Waals surface area (Å²) in [5.41, 5.74) is 5.56.